The number of halogens is 1. The molecule has 0 spiro atoms. The molecule has 0 unspecified atom stereocenters. The van der Waals surface area contributed by atoms with Crippen LogP contribution in [0.5, 0.6) is 11.5 Å². The average Bonchev–Trinajstić information content (AvgIpc) is 3.22. The predicted molar refractivity (Wildman–Crippen MR) is 135 cm³/mol. The first-order chi connectivity index (χ1) is 17.2. The van der Waals surface area contributed by atoms with Crippen LogP contribution in [0.25, 0.3) is 21.9 Å². The zero-order valence-electron chi connectivity index (χ0n) is 20.8. The van der Waals surface area contributed by atoms with Gasteiger partial charge in [-0.15, -0.1) is 0 Å². The lowest BCUT2D eigenvalue weighted by atomic mass is 9.91. The van der Waals surface area contributed by atoms with Crippen LogP contribution in [-0.4, -0.2) is 30.1 Å². The third-order valence-electron chi connectivity index (χ3n) is 6.94. The van der Waals surface area contributed by atoms with Crippen LogP contribution in [0, 0.1) is 12.7 Å². The molecular weight excluding hydrogens is 463 g/mol. The molecule has 2 N–H and O–H groups in total. The molecule has 0 aliphatic carbocycles. The second kappa shape index (κ2) is 9.00. The first-order valence-corrected chi connectivity index (χ1v) is 12.0. The molecule has 2 aromatic heterocycles. The minimum absolute atomic E-state index is 0.115. The van der Waals surface area contributed by atoms with Crippen molar-refractivity contribution in [2.24, 2.45) is 0 Å². The van der Waals surface area contributed by atoms with Crippen LogP contribution < -0.4 is 20.4 Å². The molecule has 36 heavy (non-hydrogen) atoms. The summed E-state index contributed by atoms with van der Waals surface area (Å²) in [4.78, 5) is 28.8. The third kappa shape index (κ3) is 4.32. The van der Waals surface area contributed by atoms with Crippen molar-refractivity contribution in [2.45, 2.75) is 52.1 Å². The maximum atomic E-state index is 13.6. The summed E-state index contributed by atoms with van der Waals surface area (Å²) in [5.74, 6) is 0.590. The highest BCUT2D eigenvalue weighted by molar-refractivity contribution is 5.93. The van der Waals surface area contributed by atoms with Crippen LogP contribution >= 0.6 is 0 Å². The molecule has 0 fully saturated rings. The molecule has 2 aromatic carbocycles. The number of carbonyl (C=O) groups excluding carboxylic acids is 1. The molecule has 0 bridgehead atoms. The van der Waals surface area contributed by atoms with Crippen LogP contribution in [0.2, 0.25) is 0 Å². The van der Waals surface area contributed by atoms with Gasteiger partial charge in [-0.2, -0.15) is 0 Å². The summed E-state index contributed by atoms with van der Waals surface area (Å²) in [5, 5.41) is 4.33. The molecular formula is C28H29FN2O5. The number of aryl methyl sites for hydroxylation is 2. The van der Waals surface area contributed by atoms with Crippen LogP contribution in [-0.2, 0) is 24.1 Å². The van der Waals surface area contributed by atoms with E-state index in [-0.39, 0.29) is 23.7 Å². The lowest BCUT2D eigenvalue weighted by Gasteiger charge is -2.33. The normalized spacial score (nSPS) is 14.5. The molecule has 1 aliphatic heterocycles. The number of hydrogen-bond acceptors (Lipinski definition) is 5. The number of fused-ring (bicyclic) bond motifs is 4. The molecule has 1 aliphatic rings. The highest BCUT2D eigenvalue weighted by Crippen LogP contribution is 2.43. The summed E-state index contributed by atoms with van der Waals surface area (Å²) >= 11 is 0. The van der Waals surface area contributed by atoms with Crippen molar-refractivity contribution >= 4 is 27.8 Å². The Morgan fingerprint density at radius 2 is 2.08 bits per heavy atom. The van der Waals surface area contributed by atoms with E-state index in [1.807, 2.05) is 33.0 Å². The van der Waals surface area contributed by atoms with Gasteiger partial charge in [0.1, 0.15) is 28.5 Å². The summed E-state index contributed by atoms with van der Waals surface area (Å²) in [6.07, 6.45) is 3.73. The number of hydrogen-bond donors (Lipinski definition) is 2. The van der Waals surface area contributed by atoms with E-state index >= 15 is 0 Å². The molecule has 0 saturated carbocycles. The van der Waals surface area contributed by atoms with Crippen molar-refractivity contribution < 1.29 is 23.1 Å². The Bertz CT molecular complexity index is 1550. The summed E-state index contributed by atoms with van der Waals surface area (Å²) in [7, 11) is 1.56. The number of benzene rings is 2. The predicted octanol–water partition coefficient (Wildman–Crippen LogP) is 4.74. The van der Waals surface area contributed by atoms with Gasteiger partial charge in [0, 0.05) is 35.3 Å². The van der Waals surface area contributed by atoms with Gasteiger partial charge in [0.05, 0.1) is 24.5 Å². The maximum Gasteiger partial charge on any atom is 0.340 e. The first-order valence-electron chi connectivity index (χ1n) is 12.0. The fraction of sp³-hybridized carbons (Fsp3) is 0.357. The Kier molecular flexibility index (Phi) is 5.98. The molecule has 1 amide bonds. The number of nitrogens with one attached hydrogen (secondary N) is 2. The lowest BCUT2D eigenvalue weighted by Crippen LogP contribution is -2.33. The minimum Gasteiger partial charge on any atom is -0.496 e. The van der Waals surface area contributed by atoms with Gasteiger partial charge in [0.15, 0.2) is 0 Å². The van der Waals surface area contributed by atoms with E-state index in [1.165, 1.54) is 12.1 Å². The number of aromatic amines is 1. The van der Waals surface area contributed by atoms with Gasteiger partial charge in [0.2, 0.25) is 5.91 Å². The van der Waals surface area contributed by atoms with E-state index < -0.39 is 5.63 Å². The van der Waals surface area contributed by atoms with E-state index in [0.717, 1.165) is 28.5 Å². The number of H-pyrrole nitrogens is 1. The molecule has 8 heteroatoms. The van der Waals surface area contributed by atoms with Crippen LogP contribution in [0.1, 0.15) is 42.5 Å². The van der Waals surface area contributed by atoms with Gasteiger partial charge >= 0.3 is 5.63 Å². The Morgan fingerprint density at radius 3 is 2.86 bits per heavy atom. The Hall–Kier alpha value is -3.81. The quantitative estimate of drug-likeness (QED) is 0.380. The van der Waals surface area contributed by atoms with E-state index in [2.05, 4.69) is 10.3 Å². The topological polar surface area (TPSA) is 93.6 Å². The van der Waals surface area contributed by atoms with Crippen molar-refractivity contribution in [1.82, 2.24) is 10.3 Å². The lowest BCUT2D eigenvalue weighted by molar-refractivity contribution is -0.120. The number of rotatable bonds is 6. The first kappa shape index (κ1) is 23.9. The van der Waals surface area contributed by atoms with Crippen LogP contribution in [0.15, 0.2) is 39.7 Å². The Balaban J connectivity index is 1.37. The number of amides is 1. The van der Waals surface area contributed by atoms with Crippen LogP contribution in [0.4, 0.5) is 4.39 Å². The van der Waals surface area contributed by atoms with Crippen molar-refractivity contribution in [1.29, 1.82) is 0 Å². The second-order valence-electron chi connectivity index (χ2n) is 9.90. The molecule has 0 radical (unpaired) electrons. The molecule has 5 rings (SSSR count). The summed E-state index contributed by atoms with van der Waals surface area (Å²) in [6, 6.07) is 6.40. The fourth-order valence-electron chi connectivity index (χ4n) is 4.96. The maximum absolute atomic E-state index is 13.6. The molecule has 7 nitrogen and oxygen atoms in total. The van der Waals surface area contributed by atoms with Gasteiger partial charge in [0.25, 0.3) is 0 Å². The van der Waals surface area contributed by atoms with Crippen molar-refractivity contribution in [2.75, 3.05) is 13.7 Å². The van der Waals surface area contributed by atoms with Gasteiger partial charge in [-0.1, -0.05) is 0 Å². The minimum atomic E-state index is -0.539. The Labute approximate surface area is 207 Å². The van der Waals surface area contributed by atoms with Crippen molar-refractivity contribution in [3.8, 4) is 11.5 Å². The molecule has 3 heterocycles. The molecule has 0 atom stereocenters. The van der Waals surface area contributed by atoms with Gasteiger partial charge in [-0.3, -0.25) is 4.79 Å². The van der Waals surface area contributed by atoms with Gasteiger partial charge in [-0.25, -0.2) is 9.18 Å². The molecule has 0 saturated heterocycles. The standard InChI is InChI=1S/C28H29FN2O5/c1-15-19(12-24(32)30-10-8-16-14-31-21-6-5-17(29)11-20(16)21)27(33)35-26-18-7-9-28(2,3)36-22(18)13-23(34-4)25(15)26/h5-6,11,13-14,31H,7-10,12H2,1-4H3,(H,30,32). The molecule has 4 aromatic rings. The van der Waals surface area contributed by atoms with Crippen LogP contribution in [0.3, 0.4) is 0 Å². The zero-order chi connectivity index (χ0) is 25.6. The highest BCUT2D eigenvalue weighted by Gasteiger charge is 2.31. The van der Waals surface area contributed by atoms with E-state index in [0.29, 0.717) is 53.0 Å². The van der Waals surface area contributed by atoms with Gasteiger partial charge in [-0.05, 0) is 69.4 Å². The number of carbonyl (C=O) groups is 1. The molecule has 188 valence electrons. The smallest absolute Gasteiger partial charge is 0.340 e. The third-order valence-corrected chi connectivity index (χ3v) is 6.94. The summed E-state index contributed by atoms with van der Waals surface area (Å²) in [5.41, 5.74) is 3.15. The second-order valence-corrected chi connectivity index (χ2v) is 9.90. The summed E-state index contributed by atoms with van der Waals surface area (Å²) < 4.78 is 31.1. The van der Waals surface area contributed by atoms with Crippen molar-refractivity contribution in [3.05, 3.63) is 69.0 Å². The summed E-state index contributed by atoms with van der Waals surface area (Å²) in [6.45, 7) is 6.20. The van der Waals surface area contributed by atoms with E-state index in [9.17, 15) is 14.0 Å². The average molecular weight is 493 g/mol. The monoisotopic (exact) mass is 492 g/mol. The van der Waals surface area contributed by atoms with E-state index in [4.69, 9.17) is 13.9 Å². The zero-order valence-corrected chi connectivity index (χ0v) is 20.8. The number of methoxy groups -OCH3 is 1. The SMILES string of the molecule is COc1cc2c(c3oc(=O)c(CC(=O)NCCc4c[nH]c5ccc(F)cc45)c(C)c13)CCC(C)(C)O2. The highest BCUT2D eigenvalue weighted by atomic mass is 19.1. The number of aromatic nitrogens is 1. The Morgan fingerprint density at radius 1 is 1.28 bits per heavy atom. The largest absolute Gasteiger partial charge is 0.496 e. The number of ether oxygens (including phenoxy) is 2. The fourth-order valence-corrected chi connectivity index (χ4v) is 4.96. The van der Waals surface area contributed by atoms with Crippen molar-refractivity contribution in [3.63, 3.8) is 0 Å². The van der Waals surface area contributed by atoms with E-state index in [1.54, 1.807) is 13.2 Å². The van der Waals surface area contributed by atoms with Gasteiger partial charge < -0.3 is 24.2 Å².